The fraction of sp³-hybridized carbons (Fsp3) is 0.619. The van der Waals surface area contributed by atoms with Crippen molar-refractivity contribution >= 4 is 41.5 Å². The topological polar surface area (TPSA) is 86.9 Å². The summed E-state index contributed by atoms with van der Waals surface area (Å²) in [5.74, 6) is 2.21. The number of likely N-dealkylation sites (tertiary alicyclic amines) is 1. The molecule has 1 fully saturated rings. The number of hydrogen-bond donors (Lipinski definition) is 2. The highest BCUT2D eigenvalue weighted by molar-refractivity contribution is 14.0. The van der Waals surface area contributed by atoms with Gasteiger partial charge < -0.3 is 15.5 Å². The summed E-state index contributed by atoms with van der Waals surface area (Å²) in [5, 5.41) is 15.3. The number of piperidine rings is 1. The number of rotatable bonds is 7. The van der Waals surface area contributed by atoms with Gasteiger partial charge in [-0.1, -0.05) is 19.9 Å². The van der Waals surface area contributed by atoms with Gasteiger partial charge in [-0.05, 0) is 37.8 Å². The first kappa shape index (κ1) is 24.4. The lowest BCUT2D eigenvalue weighted by molar-refractivity contribution is -0.136. The first-order valence-electron chi connectivity index (χ1n) is 10.7. The van der Waals surface area contributed by atoms with Crippen LogP contribution < -0.4 is 10.6 Å². The summed E-state index contributed by atoms with van der Waals surface area (Å²) in [6.45, 7) is 6.55. The molecule has 0 aromatic carbocycles. The molecule has 0 aliphatic carbocycles. The first-order chi connectivity index (χ1) is 14.2. The Morgan fingerprint density at radius 1 is 1.23 bits per heavy atom. The molecular formula is C21H34IN7O. The second kappa shape index (κ2) is 12.1. The summed E-state index contributed by atoms with van der Waals surface area (Å²) in [5.41, 5.74) is 0.861. The lowest BCUT2D eigenvalue weighted by Crippen LogP contribution is -2.50. The Morgan fingerprint density at radius 3 is 2.63 bits per heavy atom. The molecule has 0 unspecified atom stereocenters. The van der Waals surface area contributed by atoms with E-state index in [1.54, 1.807) is 7.05 Å². The van der Waals surface area contributed by atoms with Crippen LogP contribution in [0.25, 0.3) is 5.65 Å². The summed E-state index contributed by atoms with van der Waals surface area (Å²) < 4.78 is 2.00. The van der Waals surface area contributed by atoms with Gasteiger partial charge in [-0.15, -0.1) is 34.2 Å². The van der Waals surface area contributed by atoms with Crippen molar-refractivity contribution in [2.24, 2.45) is 10.9 Å². The van der Waals surface area contributed by atoms with Crippen molar-refractivity contribution in [3.8, 4) is 0 Å². The number of aromatic nitrogens is 3. The number of carbonyl (C=O) groups is 1. The molecule has 0 spiro atoms. The van der Waals surface area contributed by atoms with E-state index in [1.807, 2.05) is 33.7 Å². The summed E-state index contributed by atoms with van der Waals surface area (Å²) >= 11 is 0. The van der Waals surface area contributed by atoms with Crippen LogP contribution >= 0.6 is 24.0 Å². The van der Waals surface area contributed by atoms with E-state index in [2.05, 4.69) is 39.7 Å². The van der Waals surface area contributed by atoms with Gasteiger partial charge >= 0.3 is 0 Å². The number of nitrogens with one attached hydrogen (secondary N) is 2. The van der Waals surface area contributed by atoms with Crippen LogP contribution in [0.3, 0.4) is 0 Å². The number of aliphatic imine (C=N–C) groups is 1. The van der Waals surface area contributed by atoms with Gasteiger partial charge in [0.1, 0.15) is 5.82 Å². The molecule has 1 amide bonds. The molecular weight excluding hydrogens is 493 g/mol. The average Bonchev–Trinajstić information content (AvgIpc) is 3.17. The predicted molar refractivity (Wildman–Crippen MR) is 130 cm³/mol. The van der Waals surface area contributed by atoms with Crippen LogP contribution in [0.4, 0.5) is 0 Å². The number of hydrogen-bond acceptors (Lipinski definition) is 4. The molecule has 3 rings (SSSR count). The molecule has 30 heavy (non-hydrogen) atoms. The summed E-state index contributed by atoms with van der Waals surface area (Å²) in [6.07, 6.45) is 6.47. The second-order valence-corrected chi connectivity index (χ2v) is 7.55. The van der Waals surface area contributed by atoms with Crippen molar-refractivity contribution in [3.63, 3.8) is 0 Å². The Kier molecular flexibility index (Phi) is 9.80. The molecule has 8 nitrogen and oxygen atoms in total. The van der Waals surface area contributed by atoms with E-state index in [-0.39, 0.29) is 29.9 Å². The first-order valence-corrected chi connectivity index (χ1v) is 10.7. The molecule has 3 heterocycles. The van der Waals surface area contributed by atoms with Gasteiger partial charge in [-0.2, -0.15) is 0 Å². The normalized spacial score (nSPS) is 15.3. The highest BCUT2D eigenvalue weighted by Gasteiger charge is 2.26. The third-order valence-electron chi connectivity index (χ3n) is 5.73. The maximum Gasteiger partial charge on any atom is 0.225 e. The Bertz CT molecular complexity index is 826. The molecule has 0 bridgehead atoms. The van der Waals surface area contributed by atoms with E-state index in [1.165, 1.54) is 0 Å². The van der Waals surface area contributed by atoms with Crippen LogP contribution in [0.15, 0.2) is 29.4 Å². The largest absolute Gasteiger partial charge is 0.356 e. The van der Waals surface area contributed by atoms with Crippen LogP contribution in [-0.2, 0) is 11.2 Å². The van der Waals surface area contributed by atoms with Crippen LogP contribution in [0.5, 0.6) is 0 Å². The zero-order valence-electron chi connectivity index (χ0n) is 18.2. The number of guanidine groups is 1. The zero-order chi connectivity index (χ0) is 20.6. The van der Waals surface area contributed by atoms with Crippen LogP contribution in [0, 0.1) is 5.92 Å². The summed E-state index contributed by atoms with van der Waals surface area (Å²) in [6, 6.07) is 6.22. The number of pyridine rings is 1. The van der Waals surface area contributed by atoms with Gasteiger partial charge in [-0.3, -0.25) is 14.2 Å². The summed E-state index contributed by atoms with van der Waals surface area (Å²) in [7, 11) is 1.79. The number of nitrogens with zero attached hydrogens (tertiary/aromatic N) is 5. The lowest BCUT2D eigenvalue weighted by Gasteiger charge is -2.34. The third-order valence-corrected chi connectivity index (χ3v) is 5.73. The number of fused-ring (bicyclic) bond motifs is 1. The number of amides is 1. The molecule has 1 saturated heterocycles. The van der Waals surface area contributed by atoms with Gasteiger partial charge in [0.15, 0.2) is 11.6 Å². The SMILES string of the molecule is CCC(CC)C(=O)N1CCC(NC(=NC)NCCc2nnc3ccccn23)CC1.I. The quantitative estimate of drug-likeness (QED) is 0.328. The van der Waals surface area contributed by atoms with E-state index < -0.39 is 0 Å². The minimum Gasteiger partial charge on any atom is -0.356 e. The molecule has 0 atom stereocenters. The van der Waals surface area contributed by atoms with E-state index in [0.29, 0.717) is 11.9 Å². The summed E-state index contributed by atoms with van der Waals surface area (Å²) in [4.78, 5) is 18.9. The Hall–Kier alpha value is -1.91. The maximum absolute atomic E-state index is 12.5. The van der Waals surface area contributed by atoms with Gasteiger partial charge in [0.05, 0.1) is 0 Å². The van der Waals surface area contributed by atoms with E-state index in [0.717, 1.165) is 69.2 Å². The predicted octanol–water partition coefficient (Wildman–Crippen LogP) is 2.48. The molecule has 1 aliphatic rings. The van der Waals surface area contributed by atoms with Crippen molar-refractivity contribution in [1.29, 1.82) is 0 Å². The minimum atomic E-state index is 0. The molecule has 2 aromatic rings. The zero-order valence-corrected chi connectivity index (χ0v) is 20.5. The van der Waals surface area contributed by atoms with Gasteiger partial charge in [0, 0.05) is 51.3 Å². The lowest BCUT2D eigenvalue weighted by atomic mass is 9.98. The smallest absolute Gasteiger partial charge is 0.225 e. The van der Waals surface area contributed by atoms with Crippen LogP contribution in [0.2, 0.25) is 0 Å². The number of halogens is 1. The van der Waals surface area contributed by atoms with Gasteiger partial charge in [0.2, 0.25) is 5.91 Å². The van der Waals surface area contributed by atoms with Gasteiger partial charge in [-0.25, -0.2) is 0 Å². The Morgan fingerprint density at radius 2 is 1.97 bits per heavy atom. The Balaban J connectivity index is 0.00000320. The molecule has 9 heteroatoms. The maximum atomic E-state index is 12.5. The fourth-order valence-corrected chi connectivity index (χ4v) is 3.88. The Labute approximate surface area is 195 Å². The van der Waals surface area contributed by atoms with Crippen molar-refractivity contribution in [3.05, 3.63) is 30.2 Å². The molecule has 1 aliphatic heterocycles. The van der Waals surface area contributed by atoms with Crippen LogP contribution in [-0.4, -0.2) is 64.1 Å². The standard InChI is InChI=1S/C21H33N7O.HI/c1-4-16(5-2)20(29)27-14-10-17(11-15-27)24-21(22-3)23-12-9-19-26-25-18-8-6-7-13-28(18)19;/h6-8,13,16-17H,4-5,9-12,14-15H2,1-3H3,(H2,22,23,24);1H. The molecule has 0 saturated carbocycles. The highest BCUT2D eigenvalue weighted by atomic mass is 127. The van der Waals surface area contributed by atoms with E-state index >= 15 is 0 Å². The number of carbonyl (C=O) groups excluding carboxylic acids is 1. The van der Waals surface area contributed by atoms with Crippen molar-refractivity contribution < 1.29 is 4.79 Å². The van der Waals surface area contributed by atoms with Crippen molar-refractivity contribution in [1.82, 2.24) is 30.1 Å². The molecule has 2 N–H and O–H groups in total. The minimum absolute atomic E-state index is 0. The molecule has 2 aromatic heterocycles. The van der Waals surface area contributed by atoms with Crippen molar-refractivity contribution in [2.75, 3.05) is 26.7 Å². The molecule has 0 radical (unpaired) electrons. The van der Waals surface area contributed by atoms with Crippen molar-refractivity contribution in [2.45, 2.75) is 52.0 Å². The fourth-order valence-electron chi connectivity index (χ4n) is 3.88. The second-order valence-electron chi connectivity index (χ2n) is 7.55. The van der Waals surface area contributed by atoms with Gasteiger partial charge in [0.25, 0.3) is 0 Å². The average molecular weight is 527 g/mol. The van der Waals surface area contributed by atoms with E-state index in [9.17, 15) is 4.79 Å². The van der Waals surface area contributed by atoms with E-state index in [4.69, 9.17) is 0 Å². The molecule has 166 valence electrons. The monoisotopic (exact) mass is 527 g/mol. The third kappa shape index (κ3) is 6.05. The van der Waals surface area contributed by atoms with Crippen LogP contribution in [0.1, 0.15) is 45.4 Å². The highest BCUT2D eigenvalue weighted by Crippen LogP contribution is 2.17.